The molecule has 1 fully saturated rings. The summed E-state index contributed by atoms with van der Waals surface area (Å²) in [6.07, 6.45) is 1.93. The third-order valence-electron chi connectivity index (χ3n) is 3.64. The number of urea groups is 1. The third-order valence-corrected chi connectivity index (χ3v) is 3.64. The van der Waals surface area contributed by atoms with Crippen LogP contribution in [0.2, 0.25) is 0 Å². The highest BCUT2D eigenvalue weighted by Gasteiger charge is 2.27. The maximum Gasteiger partial charge on any atom is 0.338 e. The van der Waals surface area contributed by atoms with Gasteiger partial charge < -0.3 is 19.5 Å². The number of methoxy groups -OCH3 is 1. The van der Waals surface area contributed by atoms with Gasteiger partial charge in [0, 0.05) is 13.1 Å². The first kappa shape index (κ1) is 18.6. The number of imide groups is 1. The van der Waals surface area contributed by atoms with Crippen molar-refractivity contribution in [2.75, 3.05) is 33.4 Å². The lowest BCUT2D eigenvalue weighted by molar-refractivity contribution is -0.130. The second-order valence-corrected chi connectivity index (χ2v) is 5.42. The van der Waals surface area contributed by atoms with Gasteiger partial charge in [-0.3, -0.25) is 9.69 Å². The van der Waals surface area contributed by atoms with Crippen LogP contribution in [0.1, 0.15) is 30.1 Å². The van der Waals surface area contributed by atoms with Gasteiger partial charge in [-0.2, -0.15) is 0 Å². The summed E-state index contributed by atoms with van der Waals surface area (Å²) in [4.78, 5) is 36.3. The first-order chi connectivity index (χ1) is 12.1. The normalized spacial score (nSPS) is 13.4. The van der Waals surface area contributed by atoms with Crippen molar-refractivity contribution in [3.05, 3.63) is 23.8 Å². The molecule has 0 atom stereocenters. The van der Waals surface area contributed by atoms with Gasteiger partial charge in [0.2, 0.25) is 0 Å². The van der Waals surface area contributed by atoms with Gasteiger partial charge in [-0.05, 0) is 24.6 Å². The second-order valence-electron chi connectivity index (χ2n) is 5.42. The minimum atomic E-state index is -0.675. The smallest absolute Gasteiger partial charge is 0.338 e. The summed E-state index contributed by atoms with van der Waals surface area (Å²) >= 11 is 0. The molecule has 1 saturated heterocycles. The van der Waals surface area contributed by atoms with E-state index >= 15 is 0 Å². The molecule has 1 aliphatic rings. The van der Waals surface area contributed by atoms with Gasteiger partial charge in [0.25, 0.3) is 5.91 Å². The number of carbonyl (C=O) groups excluding carboxylic acids is 3. The summed E-state index contributed by atoms with van der Waals surface area (Å²) < 4.78 is 15.8. The van der Waals surface area contributed by atoms with Crippen LogP contribution in [0.3, 0.4) is 0 Å². The quantitative estimate of drug-likeness (QED) is 0.565. The second kappa shape index (κ2) is 8.91. The molecule has 1 heterocycles. The zero-order chi connectivity index (χ0) is 18.2. The van der Waals surface area contributed by atoms with Crippen LogP contribution < -0.4 is 14.8 Å². The molecule has 0 radical (unpaired) electrons. The Kier molecular flexibility index (Phi) is 6.62. The number of carbonyl (C=O) groups is 3. The van der Waals surface area contributed by atoms with E-state index in [1.807, 2.05) is 0 Å². The fraction of sp³-hybridized carbons (Fsp3) is 0.471. The van der Waals surface area contributed by atoms with Crippen LogP contribution in [-0.2, 0) is 9.53 Å². The zero-order valence-electron chi connectivity index (χ0n) is 14.4. The predicted octanol–water partition coefficient (Wildman–Crippen LogP) is 1.58. The summed E-state index contributed by atoms with van der Waals surface area (Å²) in [5, 5.41) is 2.51. The molecule has 0 aromatic heterocycles. The SMILES string of the molecule is CCCCOc1ccc(C(=O)OCC(=O)N2CCNC2=O)cc1OC. The number of benzene rings is 1. The van der Waals surface area contributed by atoms with Gasteiger partial charge in [0.15, 0.2) is 18.1 Å². The molecule has 0 aliphatic carbocycles. The summed E-state index contributed by atoms with van der Waals surface area (Å²) in [6, 6.07) is 4.19. The average Bonchev–Trinajstić information content (AvgIpc) is 3.05. The van der Waals surface area contributed by atoms with Crippen LogP contribution in [0.15, 0.2) is 18.2 Å². The first-order valence-electron chi connectivity index (χ1n) is 8.13. The Labute approximate surface area is 146 Å². The highest BCUT2D eigenvalue weighted by atomic mass is 16.5. The van der Waals surface area contributed by atoms with E-state index in [4.69, 9.17) is 14.2 Å². The Morgan fingerprint density at radius 1 is 1.28 bits per heavy atom. The number of esters is 1. The number of rotatable bonds is 8. The highest BCUT2D eigenvalue weighted by Crippen LogP contribution is 2.28. The predicted molar refractivity (Wildman–Crippen MR) is 88.8 cm³/mol. The maximum absolute atomic E-state index is 12.1. The summed E-state index contributed by atoms with van der Waals surface area (Å²) in [5.41, 5.74) is 0.235. The van der Waals surface area contributed by atoms with Gasteiger partial charge in [-0.1, -0.05) is 13.3 Å². The van der Waals surface area contributed by atoms with E-state index in [2.05, 4.69) is 12.2 Å². The molecule has 1 aliphatic heterocycles. The molecule has 0 bridgehead atoms. The summed E-state index contributed by atoms with van der Waals surface area (Å²) in [6.45, 7) is 2.79. The number of ether oxygens (including phenoxy) is 3. The molecule has 25 heavy (non-hydrogen) atoms. The van der Waals surface area contributed by atoms with E-state index in [-0.39, 0.29) is 12.1 Å². The molecule has 8 heteroatoms. The fourth-order valence-electron chi connectivity index (χ4n) is 2.24. The van der Waals surface area contributed by atoms with E-state index in [1.165, 1.54) is 13.2 Å². The van der Waals surface area contributed by atoms with Crippen LogP contribution in [0.4, 0.5) is 4.79 Å². The number of nitrogens with one attached hydrogen (secondary N) is 1. The first-order valence-corrected chi connectivity index (χ1v) is 8.13. The largest absolute Gasteiger partial charge is 0.493 e. The molecule has 0 unspecified atom stereocenters. The number of hydrogen-bond acceptors (Lipinski definition) is 6. The minimum Gasteiger partial charge on any atom is -0.493 e. The van der Waals surface area contributed by atoms with Crippen molar-refractivity contribution in [3.8, 4) is 11.5 Å². The van der Waals surface area contributed by atoms with Gasteiger partial charge in [-0.25, -0.2) is 9.59 Å². The number of amides is 3. The third kappa shape index (κ3) is 4.85. The van der Waals surface area contributed by atoms with Crippen molar-refractivity contribution >= 4 is 17.9 Å². The highest BCUT2D eigenvalue weighted by molar-refractivity contribution is 5.98. The molecule has 1 aromatic carbocycles. The standard InChI is InChI=1S/C17H22N2O6/c1-3-4-9-24-13-6-5-12(10-14(13)23-2)16(21)25-11-15(20)19-8-7-18-17(19)22/h5-6,10H,3-4,7-9,11H2,1-2H3,(H,18,22). The van der Waals surface area contributed by atoms with Crippen molar-refractivity contribution in [2.45, 2.75) is 19.8 Å². The Bertz CT molecular complexity index is 646. The van der Waals surface area contributed by atoms with Crippen molar-refractivity contribution in [1.29, 1.82) is 0 Å². The van der Waals surface area contributed by atoms with Crippen molar-refractivity contribution in [1.82, 2.24) is 10.2 Å². The maximum atomic E-state index is 12.1. The van der Waals surface area contributed by atoms with Crippen LogP contribution >= 0.6 is 0 Å². The van der Waals surface area contributed by atoms with Crippen molar-refractivity contribution < 1.29 is 28.6 Å². The van der Waals surface area contributed by atoms with Crippen LogP contribution in [0, 0.1) is 0 Å². The van der Waals surface area contributed by atoms with Crippen molar-refractivity contribution in [3.63, 3.8) is 0 Å². The molecule has 1 aromatic rings. The Balaban J connectivity index is 1.94. The van der Waals surface area contributed by atoms with Crippen LogP contribution in [-0.4, -0.2) is 56.2 Å². The molecule has 1 N–H and O–H groups in total. The molecule has 0 spiro atoms. The molecule has 136 valence electrons. The van der Waals surface area contributed by atoms with Crippen molar-refractivity contribution in [2.24, 2.45) is 0 Å². The van der Waals surface area contributed by atoms with Gasteiger partial charge in [-0.15, -0.1) is 0 Å². The van der Waals surface area contributed by atoms with E-state index in [0.29, 0.717) is 24.7 Å². The Hall–Kier alpha value is -2.77. The lowest BCUT2D eigenvalue weighted by Gasteiger charge is -2.13. The van der Waals surface area contributed by atoms with Crippen LogP contribution in [0.25, 0.3) is 0 Å². The topological polar surface area (TPSA) is 94.2 Å². The molecular formula is C17H22N2O6. The van der Waals surface area contributed by atoms with E-state index in [1.54, 1.807) is 12.1 Å². The lowest BCUT2D eigenvalue weighted by atomic mass is 10.2. The molecular weight excluding hydrogens is 328 g/mol. The summed E-state index contributed by atoms with van der Waals surface area (Å²) in [5.74, 6) is -0.283. The number of unbranched alkanes of at least 4 members (excludes halogenated alkanes) is 1. The zero-order valence-corrected chi connectivity index (χ0v) is 14.4. The minimum absolute atomic E-state index is 0.235. The Morgan fingerprint density at radius 3 is 2.72 bits per heavy atom. The fourth-order valence-corrected chi connectivity index (χ4v) is 2.24. The molecule has 3 amide bonds. The molecule has 8 nitrogen and oxygen atoms in total. The van der Waals surface area contributed by atoms with E-state index in [9.17, 15) is 14.4 Å². The van der Waals surface area contributed by atoms with Gasteiger partial charge in [0.1, 0.15) is 0 Å². The number of nitrogens with zero attached hydrogens (tertiary/aromatic N) is 1. The van der Waals surface area contributed by atoms with Gasteiger partial charge in [0.05, 0.1) is 19.3 Å². The average molecular weight is 350 g/mol. The monoisotopic (exact) mass is 350 g/mol. The van der Waals surface area contributed by atoms with Crippen LogP contribution in [0.5, 0.6) is 11.5 Å². The number of hydrogen-bond donors (Lipinski definition) is 1. The lowest BCUT2D eigenvalue weighted by Crippen LogP contribution is -2.37. The summed E-state index contributed by atoms with van der Waals surface area (Å²) in [7, 11) is 1.48. The molecule has 0 saturated carbocycles. The van der Waals surface area contributed by atoms with E-state index < -0.39 is 24.5 Å². The Morgan fingerprint density at radius 2 is 2.08 bits per heavy atom. The van der Waals surface area contributed by atoms with Gasteiger partial charge >= 0.3 is 12.0 Å². The molecule has 2 rings (SSSR count). The van der Waals surface area contributed by atoms with E-state index in [0.717, 1.165) is 17.7 Å².